The molecule has 1 aromatic heterocycles. The van der Waals surface area contributed by atoms with Gasteiger partial charge in [-0.05, 0) is 30.5 Å². The third kappa shape index (κ3) is 5.60. The Morgan fingerprint density at radius 3 is 2.11 bits per heavy atom. The van der Waals surface area contributed by atoms with E-state index in [4.69, 9.17) is 0 Å². The summed E-state index contributed by atoms with van der Waals surface area (Å²) in [6.07, 6.45) is 3.15. The summed E-state index contributed by atoms with van der Waals surface area (Å²) >= 11 is 0. The predicted molar refractivity (Wildman–Crippen MR) is 137 cm³/mol. The first-order valence-corrected chi connectivity index (χ1v) is 12.5. The number of nitrogens with zero attached hydrogens (tertiary/aromatic N) is 4. The molecule has 180 valence electrons. The van der Waals surface area contributed by atoms with Crippen LogP contribution in [0.4, 0.5) is 0 Å². The van der Waals surface area contributed by atoms with Gasteiger partial charge in [-0.1, -0.05) is 60.7 Å². The molecule has 0 radical (unpaired) electrons. The van der Waals surface area contributed by atoms with E-state index >= 15 is 0 Å². The summed E-state index contributed by atoms with van der Waals surface area (Å²) in [6, 6.07) is 24.0. The minimum atomic E-state index is 0.0112. The molecule has 0 bridgehead atoms. The molecule has 2 saturated heterocycles. The number of pyridine rings is 1. The highest BCUT2D eigenvalue weighted by atomic mass is 16.2. The molecule has 5 rings (SSSR count). The molecule has 2 aliphatic heterocycles. The van der Waals surface area contributed by atoms with Crippen molar-refractivity contribution in [3.8, 4) is 11.3 Å². The maximum Gasteiger partial charge on any atom is 0.253 e. The summed E-state index contributed by atoms with van der Waals surface area (Å²) in [5.41, 5.74) is 3.76. The zero-order valence-electron chi connectivity index (χ0n) is 20.1. The maximum atomic E-state index is 13.2. The predicted octanol–water partition coefficient (Wildman–Crippen LogP) is 3.95. The molecule has 3 aromatic rings. The normalized spacial score (nSPS) is 17.4. The third-order valence-corrected chi connectivity index (χ3v) is 7.14. The van der Waals surface area contributed by atoms with Crippen molar-refractivity contribution in [2.45, 2.75) is 19.4 Å². The molecule has 0 N–H and O–H groups in total. The number of benzene rings is 2. The van der Waals surface area contributed by atoms with Crippen LogP contribution in [-0.4, -0.2) is 70.8 Å². The van der Waals surface area contributed by atoms with Gasteiger partial charge in [-0.25, -0.2) is 0 Å². The van der Waals surface area contributed by atoms with Crippen molar-refractivity contribution in [1.82, 2.24) is 19.7 Å². The molecule has 3 heterocycles. The first kappa shape index (κ1) is 23.2. The molecule has 2 aliphatic rings. The van der Waals surface area contributed by atoms with Crippen molar-refractivity contribution in [1.29, 1.82) is 0 Å². The van der Waals surface area contributed by atoms with Gasteiger partial charge in [-0.2, -0.15) is 0 Å². The number of likely N-dealkylation sites (tertiary alicyclic amines) is 1. The SMILES string of the molecule is O=C(c1ccnc(-c2ccccc2)c1)N1CCC(C(=O)N2CCN(Cc3ccccc3)CC2)CC1. The van der Waals surface area contributed by atoms with Crippen molar-refractivity contribution in [3.05, 3.63) is 90.1 Å². The lowest BCUT2D eigenvalue weighted by molar-refractivity contribution is -0.138. The fraction of sp³-hybridized carbons (Fsp3) is 0.345. The van der Waals surface area contributed by atoms with E-state index in [9.17, 15) is 9.59 Å². The van der Waals surface area contributed by atoms with Gasteiger partial charge in [-0.15, -0.1) is 0 Å². The highest BCUT2D eigenvalue weighted by Crippen LogP contribution is 2.24. The van der Waals surface area contributed by atoms with Crippen LogP contribution in [0.25, 0.3) is 11.3 Å². The fourth-order valence-electron chi connectivity index (χ4n) is 5.07. The molecule has 0 saturated carbocycles. The summed E-state index contributed by atoms with van der Waals surface area (Å²) in [4.78, 5) is 37.1. The van der Waals surface area contributed by atoms with Crippen LogP contribution in [0.15, 0.2) is 79.0 Å². The Kier molecular flexibility index (Phi) is 7.19. The average molecular weight is 469 g/mol. The van der Waals surface area contributed by atoms with Crippen LogP contribution in [0.5, 0.6) is 0 Å². The minimum absolute atomic E-state index is 0.0112. The lowest BCUT2D eigenvalue weighted by atomic mass is 9.94. The van der Waals surface area contributed by atoms with Gasteiger partial charge < -0.3 is 9.80 Å². The number of amides is 2. The van der Waals surface area contributed by atoms with E-state index < -0.39 is 0 Å². The molecule has 2 aromatic carbocycles. The van der Waals surface area contributed by atoms with Crippen LogP contribution in [0.2, 0.25) is 0 Å². The zero-order chi connectivity index (χ0) is 24.0. The number of piperazine rings is 1. The fourth-order valence-corrected chi connectivity index (χ4v) is 5.07. The van der Waals surface area contributed by atoms with Crippen molar-refractivity contribution < 1.29 is 9.59 Å². The van der Waals surface area contributed by atoms with E-state index in [1.54, 1.807) is 12.3 Å². The monoisotopic (exact) mass is 468 g/mol. The van der Waals surface area contributed by atoms with Crippen molar-refractivity contribution in [2.24, 2.45) is 5.92 Å². The number of carbonyl (C=O) groups is 2. The summed E-state index contributed by atoms with van der Waals surface area (Å²) in [5.74, 6) is 0.286. The number of carbonyl (C=O) groups excluding carboxylic acids is 2. The van der Waals surface area contributed by atoms with Gasteiger partial charge in [-0.3, -0.25) is 19.5 Å². The first-order chi connectivity index (χ1) is 17.2. The summed E-state index contributed by atoms with van der Waals surface area (Å²) < 4.78 is 0. The molecule has 6 nitrogen and oxygen atoms in total. The van der Waals surface area contributed by atoms with E-state index in [2.05, 4.69) is 34.1 Å². The van der Waals surface area contributed by atoms with Gasteiger partial charge >= 0.3 is 0 Å². The van der Waals surface area contributed by atoms with E-state index in [1.807, 2.05) is 52.3 Å². The lowest BCUT2D eigenvalue weighted by Crippen LogP contribution is -2.51. The molecule has 2 fully saturated rings. The Morgan fingerprint density at radius 1 is 0.771 bits per heavy atom. The molecule has 0 unspecified atom stereocenters. The Balaban J connectivity index is 1.12. The van der Waals surface area contributed by atoms with Crippen LogP contribution >= 0.6 is 0 Å². The van der Waals surface area contributed by atoms with Gasteiger partial charge in [0.05, 0.1) is 5.69 Å². The van der Waals surface area contributed by atoms with Crippen molar-refractivity contribution >= 4 is 11.8 Å². The second-order valence-corrected chi connectivity index (χ2v) is 9.45. The summed E-state index contributed by atoms with van der Waals surface area (Å²) in [5, 5.41) is 0. The molecule has 0 atom stereocenters. The topological polar surface area (TPSA) is 56.8 Å². The number of hydrogen-bond donors (Lipinski definition) is 0. The standard InChI is InChI=1S/C29H32N4O2/c34-28(33-19-17-31(18-20-33)22-23-7-3-1-4-8-23)25-12-15-32(16-13-25)29(35)26-11-14-30-27(21-26)24-9-5-2-6-10-24/h1-11,14,21,25H,12-13,15-20,22H2. The Bertz CT molecular complexity index is 1140. The Hall–Kier alpha value is -3.51. The first-order valence-electron chi connectivity index (χ1n) is 12.5. The van der Waals surface area contributed by atoms with E-state index in [0.29, 0.717) is 18.7 Å². The zero-order valence-corrected chi connectivity index (χ0v) is 20.1. The molecule has 35 heavy (non-hydrogen) atoms. The third-order valence-electron chi connectivity index (χ3n) is 7.14. The van der Waals surface area contributed by atoms with Gasteiger partial charge in [0.25, 0.3) is 5.91 Å². The average Bonchev–Trinajstić information content (AvgIpc) is 2.94. The Labute approximate surface area is 207 Å². The molecule has 0 spiro atoms. The summed E-state index contributed by atoms with van der Waals surface area (Å²) in [7, 11) is 0. The number of piperidine rings is 1. The van der Waals surface area contributed by atoms with Crippen LogP contribution in [0.3, 0.4) is 0 Å². The number of aromatic nitrogens is 1. The highest BCUT2D eigenvalue weighted by molar-refractivity contribution is 5.95. The lowest BCUT2D eigenvalue weighted by Gasteiger charge is -2.38. The van der Waals surface area contributed by atoms with E-state index in [1.165, 1.54) is 5.56 Å². The molecule has 6 heteroatoms. The molecular formula is C29H32N4O2. The molecule has 0 aliphatic carbocycles. The van der Waals surface area contributed by atoms with Gasteiger partial charge in [0.15, 0.2) is 0 Å². The van der Waals surface area contributed by atoms with Gasteiger partial charge in [0.2, 0.25) is 5.91 Å². The maximum absolute atomic E-state index is 13.2. The summed E-state index contributed by atoms with van der Waals surface area (Å²) in [6.45, 7) is 5.55. The van der Waals surface area contributed by atoms with Gasteiger partial charge in [0.1, 0.15) is 0 Å². The highest BCUT2D eigenvalue weighted by Gasteiger charge is 2.32. The minimum Gasteiger partial charge on any atom is -0.340 e. The quantitative estimate of drug-likeness (QED) is 0.569. The number of hydrogen-bond acceptors (Lipinski definition) is 4. The second kappa shape index (κ2) is 10.8. The van der Waals surface area contributed by atoms with Crippen LogP contribution in [0.1, 0.15) is 28.8 Å². The smallest absolute Gasteiger partial charge is 0.253 e. The van der Waals surface area contributed by atoms with Crippen LogP contribution in [0, 0.1) is 5.92 Å². The number of rotatable bonds is 5. The van der Waals surface area contributed by atoms with Crippen molar-refractivity contribution in [3.63, 3.8) is 0 Å². The largest absolute Gasteiger partial charge is 0.340 e. The van der Waals surface area contributed by atoms with Gasteiger partial charge in [0, 0.05) is 69.1 Å². The van der Waals surface area contributed by atoms with Crippen LogP contribution in [-0.2, 0) is 11.3 Å². The molecular weight excluding hydrogens is 436 g/mol. The van der Waals surface area contributed by atoms with Crippen molar-refractivity contribution in [2.75, 3.05) is 39.3 Å². The molecule has 2 amide bonds. The van der Waals surface area contributed by atoms with E-state index in [0.717, 1.165) is 56.8 Å². The Morgan fingerprint density at radius 2 is 1.43 bits per heavy atom. The van der Waals surface area contributed by atoms with E-state index in [-0.39, 0.29) is 17.7 Å². The van der Waals surface area contributed by atoms with Crippen LogP contribution < -0.4 is 0 Å². The second-order valence-electron chi connectivity index (χ2n) is 9.45.